The molecule has 0 radical (unpaired) electrons. The minimum Gasteiger partial charge on any atom is -0.399 e. The minimum absolute atomic E-state index is 0.226. The van der Waals surface area contributed by atoms with E-state index in [9.17, 15) is 0 Å². The van der Waals surface area contributed by atoms with Crippen molar-refractivity contribution in [3.05, 3.63) is 89.3 Å². The van der Waals surface area contributed by atoms with Gasteiger partial charge in [-0.2, -0.15) is 0 Å². The third-order valence-corrected chi connectivity index (χ3v) is 4.91. The Hall–Kier alpha value is -2.81. The number of allylic oxidation sites excluding steroid dienone is 2. The lowest BCUT2D eigenvalue weighted by atomic mass is 10.0. The van der Waals surface area contributed by atoms with Crippen LogP contribution in [0, 0.1) is 6.92 Å². The number of hydrogen-bond donors (Lipinski definition) is 2. The van der Waals surface area contributed by atoms with Gasteiger partial charge in [-0.25, -0.2) is 4.99 Å². The van der Waals surface area contributed by atoms with Gasteiger partial charge in [0.1, 0.15) is 5.82 Å². The minimum atomic E-state index is 0.226. The Morgan fingerprint density at radius 2 is 1.89 bits per heavy atom. The summed E-state index contributed by atoms with van der Waals surface area (Å²) in [6.07, 6.45) is 6.85. The van der Waals surface area contributed by atoms with Gasteiger partial charge < -0.3 is 11.1 Å². The van der Waals surface area contributed by atoms with E-state index in [0.29, 0.717) is 0 Å². The van der Waals surface area contributed by atoms with Crippen LogP contribution in [0.25, 0.3) is 0 Å². The number of rotatable bonds is 9. The number of aryl methyl sites for hydroxylation is 2. The van der Waals surface area contributed by atoms with Gasteiger partial charge in [-0.05, 0) is 62.1 Å². The maximum absolute atomic E-state index is 6.05. The summed E-state index contributed by atoms with van der Waals surface area (Å²) in [5.74, 6) is 0.851. The zero-order chi connectivity index (χ0) is 20.5. The van der Waals surface area contributed by atoms with Crippen molar-refractivity contribution < 1.29 is 0 Å². The lowest BCUT2D eigenvalue weighted by molar-refractivity contribution is 0.541. The maximum atomic E-state index is 6.05. The first-order valence-corrected chi connectivity index (χ1v) is 10.1. The molecule has 148 valence electrons. The van der Waals surface area contributed by atoms with Crippen LogP contribution < -0.4 is 11.1 Å². The number of benzene rings is 2. The molecule has 3 nitrogen and oxygen atoms in total. The van der Waals surface area contributed by atoms with E-state index in [-0.39, 0.29) is 6.04 Å². The summed E-state index contributed by atoms with van der Waals surface area (Å²) >= 11 is 0. The van der Waals surface area contributed by atoms with Gasteiger partial charge in [0.2, 0.25) is 0 Å². The molecule has 0 aliphatic heterocycles. The standard InChI is InChI=1S/C25H33N3/c1-6-10-24(20-13-11-18(5)12-14-20)28-25(9-4)27-23(8-3)21-15-16-22(26)19(7-2)17-21/h8-9,11-17,24,28H,3,6-7,10,26H2,1-2,4-5H3/b25-9+,27-23+. The molecule has 2 aromatic rings. The van der Waals surface area contributed by atoms with Crippen molar-refractivity contribution in [1.29, 1.82) is 0 Å². The molecule has 2 aromatic carbocycles. The second kappa shape index (κ2) is 10.5. The fourth-order valence-corrected chi connectivity index (χ4v) is 3.20. The molecule has 0 aliphatic rings. The maximum Gasteiger partial charge on any atom is 0.122 e. The zero-order valence-electron chi connectivity index (χ0n) is 17.6. The average Bonchev–Trinajstić information content (AvgIpc) is 2.71. The van der Waals surface area contributed by atoms with Crippen molar-refractivity contribution in [2.75, 3.05) is 5.73 Å². The van der Waals surface area contributed by atoms with Gasteiger partial charge in [0.05, 0.1) is 11.8 Å². The monoisotopic (exact) mass is 375 g/mol. The predicted molar refractivity (Wildman–Crippen MR) is 123 cm³/mol. The van der Waals surface area contributed by atoms with Crippen LogP contribution in [-0.2, 0) is 6.42 Å². The van der Waals surface area contributed by atoms with E-state index >= 15 is 0 Å². The van der Waals surface area contributed by atoms with E-state index < -0.39 is 0 Å². The summed E-state index contributed by atoms with van der Waals surface area (Å²) in [6, 6.07) is 15.0. The van der Waals surface area contributed by atoms with Gasteiger partial charge in [-0.3, -0.25) is 0 Å². The SMILES string of the molecule is C=C/C(=N\C(=C/C)NC(CCC)c1ccc(C)cc1)c1ccc(N)c(CC)c1. The summed E-state index contributed by atoms with van der Waals surface area (Å²) in [5, 5.41) is 3.62. The highest BCUT2D eigenvalue weighted by atomic mass is 15.1. The molecule has 0 heterocycles. The van der Waals surface area contributed by atoms with Crippen LogP contribution in [0.1, 0.15) is 61.9 Å². The van der Waals surface area contributed by atoms with E-state index in [0.717, 1.165) is 47.6 Å². The Bertz CT molecular complexity index is 845. The van der Waals surface area contributed by atoms with E-state index in [1.165, 1.54) is 11.1 Å². The Kier molecular flexibility index (Phi) is 8.06. The van der Waals surface area contributed by atoms with Gasteiger partial charge in [-0.1, -0.05) is 62.7 Å². The fourth-order valence-electron chi connectivity index (χ4n) is 3.20. The number of hydrogen-bond acceptors (Lipinski definition) is 3. The molecule has 0 spiro atoms. The molecule has 0 fully saturated rings. The molecular formula is C25H33N3. The third-order valence-electron chi connectivity index (χ3n) is 4.91. The van der Waals surface area contributed by atoms with E-state index in [2.05, 4.69) is 63.0 Å². The van der Waals surface area contributed by atoms with Crippen LogP contribution in [0.3, 0.4) is 0 Å². The highest BCUT2D eigenvalue weighted by Crippen LogP contribution is 2.22. The Labute approximate surface area is 170 Å². The zero-order valence-corrected chi connectivity index (χ0v) is 17.6. The van der Waals surface area contributed by atoms with Gasteiger partial charge in [0.15, 0.2) is 0 Å². The lowest BCUT2D eigenvalue weighted by Gasteiger charge is -2.21. The van der Waals surface area contributed by atoms with Crippen LogP contribution in [0.5, 0.6) is 0 Å². The summed E-state index contributed by atoms with van der Waals surface area (Å²) < 4.78 is 0. The molecule has 0 aliphatic carbocycles. The summed E-state index contributed by atoms with van der Waals surface area (Å²) in [6.45, 7) is 12.4. The van der Waals surface area contributed by atoms with Crippen molar-refractivity contribution in [2.24, 2.45) is 4.99 Å². The highest BCUT2D eigenvalue weighted by molar-refractivity contribution is 6.09. The average molecular weight is 376 g/mol. The molecule has 28 heavy (non-hydrogen) atoms. The lowest BCUT2D eigenvalue weighted by Crippen LogP contribution is -2.20. The van der Waals surface area contributed by atoms with E-state index in [4.69, 9.17) is 10.7 Å². The van der Waals surface area contributed by atoms with Crippen molar-refractivity contribution >= 4 is 11.4 Å². The fraction of sp³-hybridized carbons (Fsp3) is 0.320. The summed E-state index contributed by atoms with van der Waals surface area (Å²) in [4.78, 5) is 4.86. The summed E-state index contributed by atoms with van der Waals surface area (Å²) in [7, 11) is 0. The number of nitrogens with two attached hydrogens (primary N) is 1. The van der Waals surface area contributed by atoms with Crippen LogP contribution in [-0.4, -0.2) is 5.71 Å². The van der Waals surface area contributed by atoms with Gasteiger partial charge in [-0.15, -0.1) is 0 Å². The molecular weight excluding hydrogens is 342 g/mol. The molecule has 0 saturated carbocycles. The van der Waals surface area contributed by atoms with Gasteiger partial charge in [0.25, 0.3) is 0 Å². The molecule has 0 saturated heterocycles. The van der Waals surface area contributed by atoms with Crippen LogP contribution in [0.2, 0.25) is 0 Å². The van der Waals surface area contributed by atoms with E-state index in [1.54, 1.807) is 6.08 Å². The van der Waals surface area contributed by atoms with Gasteiger partial charge in [0, 0.05) is 11.3 Å². The molecule has 3 N–H and O–H groups in total. The second-order valence-corrected chi connectivity index (χ2v) is 7.04. The van der Waals surface area contributed by atoms with Crippen LogP contribution >= 0.6 is 0 Å². The van der Waals surface area contributed by atoms with Crippen LogP contribution in [0.15, 0.2) is 72.0 Å². The Morgan fingerprint density at radius 1 is 1.18 bits per heavy atom. The first-order valence-electron chi connectivity index (χ1n) is 10.1. The van der Waals surface area contributed by atoms with Gasteiger partial charge >= 0.3 is 0 Å². The predicted octanol–water partition coefficient (Wildman–Crippen LogP) is 6.11. The van der Waals surface area contributed by atoms with Crippen molar-refractivity contribution in [3.8, 4) is 0 Å². The molecule has 1 unspecified atom stereocenters. The van der Waals surface area contributed by atoms with E-state index in [1.807, 2.05) is 25.1 Å². The number of nitrogens with one attached hydrogen (secondary N) is 1. The first-order chi connectivity index (χ1) is 13.5. The number of anilines is 1. The summed E-state index contributed by atoms with van der Waals surface area (Å²) in [5.41, 5.74) is 12.4. The molecule has 0 bridgehead atoms. The van der Waals surface area contributed by atoms with Crippen molar-refractivity contribution in [2.45, 2.75) is 53.0 Å². The Morgan fingerprint density at radius 3 is 2.46 bits per heavy atom. The highest BCUT2D eigenvalue weighted by Gasteiger charge is 2.12. The normalized spacial score (nSPS) is 13.3. The smallest absolute Gasteiger partial charge is 0.122 e. The quantitative estimate of drug-likeness (QED) is 0.410. The molecule has 1 atom stereocenters. The third kappa shape index (κ3) is 5.59. The van der Waals surface area contributed by atoms with Crippen molar-refractivity contribution in [3.63, 3.8) is 0 Å². The van der Waals surface area contributed by atoms with Crippen LogP contribution in [0.4, 0.5) is 5.69 Å². The van der Waals surface area contributed by atoms with Crippen molar-refractivity contribution in [1.82, 2.24) is 5.32 Å². The molecule has 2 rings (SSSR count). The number of nitrogens with zero attached hydrogens (tertiary/aromatic N) is 1. The molecule has 0 aromatic heterocycles. The number of nitrogen functional groups attached to an aromatic ring is 1. The Balaban J connectivity index is 2.31. The largest absolute Gasteiger partial charge is 0.399 e. The molecule has 3 heteroatoms. The number of aliphatic imine (C=N–C) groups is 1. The second-order valence-electron chi connectivity index (χ2n) is 7.04. The topological polar surface area (TPSA) is 50.4 Å². The first kappa shape index (κ1) is 21.5. The molecule has 0 amide bonds.